The van der Waals surface area contributed by atoms with Crippen molar-refractivity contribution in [2.75, 3.05) is 26.3 Å². The number of ketones is 1. The highest BCUT2D eigenvalue weighted by atomic mass is 35.5. The molecule has 28 heavy (non-hydrogen) atoms. The summed E-state index contributed by atoms with van der Waals surface area (Å²) in [6, 6.07) is 7.37. The first-order valence-electron chi connectivity index (χ1n) is 9.26. The molecule has 0 spiro atoms. The van der Waals surface area contributed by atoms with Gasteiger partial charge in [-0.25, -0.2) is 5.01 Å². The lowest BCUT2D eigenvalue weighted by molar-refractivity contribution is -0.117. The van der Waals surface area contributed by atoms with Gasteiger partial charge in [-0.15, -0.1) is 0 Å². The van der Waals surface area contributed by atoms with E-state index in [9.17, 15) is 10.1 Å². The molecule has 1 aromatic carbocycles. The molecular weight excluding hydrogens is 399 g/mol. The minimum absolute atomic E-state index is 0.0378. The molecule has 1 aromatic rings. The van der Waals surface area contributed by atoms with Gasteiger partial charge in [0.2, 0.25) is 0 Å². The molecule has 0 unspecified atom stereocenters. The lowest BCUT2D eigenvalue weighted by atomic mass is 9.76. The quantitative estimate of drug-likeness (QED) is 0.792. The molecule has 2 heterocycles. The first kappa shape index (κ1) is 19.3. The zero-order valence-electron chi connectivity index (χ0n) is 15.3. The molecule has 0 aromatic heterocycles. The van der Waals surface area contributed by atoms with Crippen molar-refractivity contribution < 1.29 is 9.53 Å². The molecule has 1 fully saturated rings. The van der Waals surface area contributed by atoms with Gasteiger partial charge in [-0.05, 0) is 30.5 Å². The molecule has 2 aliphatic heterocycles. The summed E-state index contributed by atoms with van der Waals surface area (Å²) >= 11 is 12.5. The van der Waals surface area contributed by atoms with E-state index in [1.807, 2.05) is 5.01 Å². The topological polar surface area (TPSA) is 82.6 Å². The molecule has 2 N–H and O–H groups in total. The van der Waals surface area contributed by atoms with Crippen LogP contribution in [-0.4, -0.2) is 42.1 Å². The summed E-state index contributed by atoms with van der Waals surface area (Å²) in [4.78, 5) is 13.0. The highest BCUT2D eigenvalue weighted by Gasteiger charge is 2.42. The van der Waals surface area contributed by atoms with E-state index >= 15 is 0 Å². The maximum atomic E-state index is 13.0. The average molecular weight is 419 g/mol. The molecule has 1 atom stereocenters. The fourth-order valence-corrected chi connectivity index (χ4v) is 4.71. The van der Waals surface area contributed by atoms with Gasteiger partial charge < -0.3 is 10.5 Å². The second kappa shape index (κ2) is 7.76. The van der Waals surface area contributed by atoms with Crippen LogP contribution in [0, 0.1) is 11.3 Å². The molecule has 6 nitrogen and oxygen atoms in total. The Kier molecular flexibility index (Phi) is 5.35. The van der Waals surface area contributed by atoms with Crippen molar-refractivity contribution in [3.8, 4) is 6.07 Å². The number of benzene rings is 1. The number of ether oxygens (including phenoxy) is 1. The highest BCUT2D eigenvalue weighted by Crippen LogP contribution is 2.47. The van der Waals surface area contributed by atoms with Crippen molar-refractivity contribution in [2.45, 2.75) is 25.2 Å². The van der Waals surface area contributed by atoms with Crippen LogP contribution in [0.3, 0.4) is 0 Å². The zero-order chi connectivity index (χ0) is 19.8. The van der Waals surface area contributed by atoms with Crippen LogP contribution in [0.1, 0.15) is 30.7 Å². The number of hydrogen-bond acceptors (Lipinski definition) is 6. The van der Waals surface area contributed by atoms with Crippen molar-refractivity contribution in [2.24, 2.45) is 5.73 Å². The van der Waals surface area contributed by atoms with Gasteiger partial charge in [0, 0.05) is 40.8 Å². The lowest BCUT2D eigenvalue weighted by Gasteiger charge is -2.45. The maximum absolute atomic E-state index is 13.0. The van der Waals surface area contributed by atoms with Gasteiger partial charge in [0.15, 0.2) is 5.78 Å². The van der Waals surface area contributed by atoms with E-state index in [1.54, 1.807) is 18.2 Å². The number of halogens is 2. The minimum Gasteiger partial charge on any atom is -0.383 e. The van der Waals surface area contributed by atoms with E-state index in [-0.39, 0.29) is 5.78 Å². The number of allylic oxidation sites excluding steroid dienone is 3. The van der Waals surface area contributed by atoms with Crippen molar-refractivity contribution in [3.63, 3.8) is 0 Å². The molecule has 3 aliphatic rings. The monoisotopic (exact) mass is 418 g/mol. The van der Waals surface area contributed by atoms with Crippen LogP contribution < -0.4 is 5.73 Å². The van der Waals surface area contributed by atoms with Gasteiger partial charge in [-0.3, -0.25) is 9.80 Å². The number of morpholine rings is 1. The van der Waals surface area contributed by atoms with Crippen LogP contribution in [0.4, 0.5) is 0 Å². The van der Waals surface area contributed by atoms with E-state index in [1.165, 1.54) is 0 Å². The molecule has 8 heteroatoms. The van der Waals surface area contributed by atoms with Gasteiger partial charge in [0.05, 0.1) is 30.8 Å². The van der Waals surface area contributed by atoms with Crippen LogP contribution in [0.2, 0.25) is 10.0 Å². The largest absolute Gasteiger partial charge is 0.383 e. The highest BCUT2D eigenvalue weighted by molar-refractivity contribution is 6.35. The van der Waals surface area contributed by atoms with E-state index < -0.39 is 5.92 Å². The van der Waals surface area contributed by atoms with E-state index in [2.05, 4.69) is 11.1 Å². The van der Waals surface area contributed by atoms with Crippen molar-refractivity contribution >= 4 is 29.0 Å². The van der Waals surface area contributed by atoms with Crippen molar-refractivity contribution in [1.29, 1.82) is 5.26 Å². The molecule has 0 radical (unpaired) electrons. The Bertz CT molecular complexity index is 929. The fourth-order valence-electron chi connectivity index (χ4n) is 4.19. The lowest BCUT2D eigenvalue weighted by Crippen LogP contribution is -2.52. The third-order valence-electron chi connectivity index (χ3n) is 5.43. The predicted molar refractivity (Wildman–Crippen MR) is 106 cm³/mol. The maximum Gasteiger partial charge on any atom is 0.161 e. The molecule has 0 saturated carbocycles. The number of hydrogen-bond donors (Lipinski definition) is 1. The Hall–Kier alpha value is -2.04. The summed E-state index contributed by atoms with van der Waals surface area (Å²) in [6.07, 6.45) is 1.93. The third-order valence-corrected chi connectivity index (χ3v) is 5.99. The van der Waals surface area contributed by atoms with Crippen LogP contribution in [0.25, 0.3) is 0 Å². The normalized spacial score (nSPS) is 23.7. The summed E-state index contributed by atoms with van der Waals surface area (Å²) in [5, 5.41) is 14.8. The Morgan fingerprint density at radius 2 is 1.96 bits per heavy atom. The first-order valence-corrected chi connectivity index (χ1v) is 10.0. The molecule has 0 amide bonds. The molecule has 4 rings (SSSR count). The molecular formula is C20H20Cl2N4O2. The van der Waals surface area contributed by atoms with Gasteiger partial charge in [0.1, 0.15) is 5.82 Å². The summed E-state index contributed by atoms with van der Waals surface area (Å²) in [5.74, 6) is -0.181. The third kappa shape index (κ3) is 3.19. The zero-order valence-corrected chi connectivity index (χ0v) is 16.8. The Morgan fingerprint density at radius 3 is 2.64 bits per heavy atom. The van der Waals surface area contributed by atoms with Gasteiger partial charge in [-0.1, -0.05) is 29.3 Å². The second-order valence-electron chi connectivity index (χ2n) is 7.02. The standard InChI is InChI=1S/C20H20Cl2N4O2/c21-12-4-5-13(15(22)10-12)18-14(11-23)20(24)26(25-6-8-28-9-7-25)16-2-1-3-17(27)19(16)18/h4-5,10,18H,1-3,6-9,24H2/t18-/m0/s1. The number of Topliss-reactive ketones (excluding diaryl/α,β-unsaturated/α-hetero) is 1. The summed E-state index contributed by atoms with van der Waals surface area (Å²) < 4.78 is 5.45. The Morgan fingerprint density at radius 1 is 1.21 bits per heavy atom. The minimum atomic E-state index is -0.574. The van der Waals surface area contributed by atoms with Crippen molar-refractivity contribution in [1.82, 2.24) is 10.0 Å². The smallest absolute Gasteiger partial charge is 0.161 e. The van der Waals surface area contributed by atoms with Gasteiger partial charge in [0.25, 0.3) is 0 Å². The van der Waals surface area contributed by atoms with Crippen LogP contribution >= 0.6 is 23.2 Å². The molecule has 146 valence electrons. The van der Waals surface area contributed by atoms with E-state index in [4.69, 9.17) is 33.7 Å². The van der Waals surface area contributed by atoms with E-state index in [0.29, 0.717) is 65.3 Å². The number of carbonyl (C=O) groups is 1. The number of carbonyl (C=O) groups excluding carboxylic acids is 1. The van der Waals surface area contributed by atoms with Crippen LogP contribution in [-0.2, 0) is 9.53 Å². The Balaban J connectivity index is 1.91. The fraction of sp³-hybridized carbons (Fsp3) is 0.400. The summed E-state index contributed by atoms with van der Waals surface area (Å²) in [7, 11) is 0. The molecule has 0 bridgehead atoms. The number of nitrogens with two attached hydrogens (primary N) is 1. The summed E-state index contributed by atoms with van der Waals surface area (Å²) in [5.41, 5.74) is 9.01. The first-order chi connectivity index (χ1) is 13.5. The van der Waals surface area contributed by atoms with Crippen LogP contribution in [0.5, 0.6) is 0 Å². The van der Waals surface area contributed by atoms with E-state index in [0.717, 1.165) is 18.5 Å². The predicted octanol–water partition coefficient (Wildman–Crippen LogP) is 3.34. The number of rotatable bonds is 2. The summed E-state index contributed by atoms with van der Waals surface area (Å²) in [6.45, 7) is 2.46. The van der Waals surface area contributed by atoms with Crippen molar-refractivity contribution in [3.05, 3.63) is 56.5 Å². The number of nitrogens with zero attached hydrogens (tertiary/aromatic N) is 3. The number of hydrazine groups is 1. The Labute approximate surface area is 173 Å². The SMILES string of the molecule is N#CC1=C(N)N(N2CCOCC2)C2=C(C(=O)CCC2)[C@H]1c1ccc(Cl)cc1Cl. The molecule has 1 saturated heterocycles. The second-order valence-corrected chi connectivity index (χ2v) is 7.87. The number of nitriles is 1. The molecule has 1 aliphatic carbocycles. The van der Waals surface area contributed by atoms with Crippen LogP contribution in [0.15, 0.2) is 40.9 Å². The van der Waals surface area contributed by atoms with Gasteiger partial charge >= 0.3 is 0 Å². The average Bonchev–Trinajstić information content (AvgIpc) is 2.68. The van der Waals surface area contributed by atoms with Gasteiger partial charge in [-0.2, -0.15) is 5.26 Å².